The highest BCUT2D eigenvalue weighted by molar-refractivity contribution is 6.22. The number of ether oxygens (including phenoxy) is 2. The molecule has 150 valence electrons. The van der Waals surface area contributed by atoms with Gasteiger partial charge in [-0.3, -0.25) is 19.3 Å². The van der Waals surface area contributed by atoms with Gasteiger partial charge in [0.25, 0.3) is 17.7 Å². The average molecular weight is 396 g/mol. The van der Waals surface area contributed by atoms with Gasteiger partial charge in [0, 0.05) is 0 Å². The second-order valence-electron chi connectivity index (χ2n) is 6.29. The number of carbonyl (C=O) groups is 4. The van der Waals surface area contributed by atoms with Crippen molar-refractivity contribution >= 4 is 29.4 Å². The first-order chi connectivity index (χ1) is 13.9. The number of esters is 1. The van der Waals surface area contributed by atoms with Crippen molar-refractivity contribution < 1.29 is 28.7 Å². The molecular weight excluding hydrogens is 376 g/mol. The van der Waals surface area contributed by atoms with E-state index in [2.05, 4.69) is 5.32 Å². The summed E-state index contributed by atoms with van der Waals surface area (Å²) in [4.78, 5) is 50.2. The number of carbonyl (C=O) groups excluding carboxylic acids is 4. The van der Waals surface area contributed by atoms with E-state index in [1.165, 1.54) is 19.1 Å². The maximum absolute atomic E-state index is 12.4. The van der Waals surface area contributed by atoms with E-state index in [1.54, 1.807) is 36.4 Å². The lowest BCUT2D eigenvalue weighted by Crippen LogP contribution is -2.44. The Kier molecular flexibility index (Phi) is 5.92. The van der Waals surface area contributed by atoms with Crippen LogP contribution in [0.1, 0.15) is 34.6 Å². The summed E-state index contributed by atoms with van der Waals surface area (Å²) >= 11 is 0. The molecule has 0 saturated heterocycles. The molecule has 3 rings (SSSR count). The number of hydrogen-bond donors (Lipinski definition) is 1. The summed E-state index contributed by atoms with van der Waals surface area (Å²) in [6.07, 6.45) is 0. The van der Waals surface area contributed by atoms with E-state index >= 15 is 0 Å². The second kappa shape index (κ2) is 8.55. The van der Waals surface area contributed by atoms with Crippen LogP contribution in [0.5, 0.6) is 5.75 Å². The van der Waals surface area contributed by atoms with Gasteiger partial charge >= 0.3 is 5.97 Å². The van der Waals surface area contributed by atoms with Crippen LogP contribution in [0.15, 0.2) is 48.5 Å². The molecule has 1 aliphatic heterocycles. The second-order valence-corrected chi connectivity index (χ2v) is 6.29. The molecule has 29 heavy (non-hydrogen) atoms. The lowest BCUT2D eigenvalue weighted by molar-refractivity contribution is -0.150. The predicted octanol–water partition coefficient (Wildman–Crippen LogP) is 2.25. The minimum atomic E-state index is -1.16. The van der Waals surface area contributed by atoms with Crippen LogP contribution in [-0.2, 0) is 14.3 Å². The molecule has 0 radical (unpaired) electrons. The van der Waals surface area contributed by atoms with Gasteiger partial charge in [-0.2, -0.15) is 0 Å². The number of rotatable bonds is 7. The highest BCUT2D eigenvalue weighted by atomic mass is 16.5. The minimum absolute atomic E-state index is 0.238. The van der Waals surface area contributed by atoms with Crippen molar-refractivity contribution in [1.29, 1.82) is 0 Å². The van der Waals surface area contributed by atoms with Crippen molar-refractivity contribution in [3.05, 3.63) is 59.7 Å². The van der Waals surface area contributed by atoms with Crippen LogP contribution >= 0.6 is 0 Å². The summed E-state index contributed by atoms with van der Waals surface area (Å²) in [6.45, 7) is 3.07. The third kappa shape index (κ3) is 4.11. The minimum Gasteiger partial charge on any atom is -0.492 e. The number of imide groups is 1. The molecule has 0 bridgehead atoms. The molecule has 2 aromatic rings. The van der Waals surface area contributed by atoms with Crippen LogP contribution in [0.4, 0.5) is 5.69 Å². The first-order valence-corrected chi connectivity index (χ1v) is 9.09. The maximum Gasteiger partial charge on any atom is 0.329 e. The number of nitrogens with one attached hydrogen (secondary N) is 1. The zero-order valence-corrected chi connectivity index (χ0v) is 16.0. The van der Waals surface area contributed by atoms with Crippen LogP contribution in [0.25, 0.3) is 0 Å². The van der Waals surface area contributed by atoms with Crippen LogP contribution in [0.2, 0.25) is 0 Å². The molecule has 0 fully saturated rings. The van der Waals surface area contributed by atoms with Gasteiger partial charge in [0.15, 0.2) is 6.61 Å². The van der Waals surface area contributed by atoms with Crippen molar-refractivity contribution in [2.45, 2.75) is 19.9 Å². The maximum atomic E-state index is 12.4. The summed E-state index contributed by atoms with van der Waals surface area (Å²) in [5, 5.41) is 2.60. The van der Waals surface area contributed by atoms with Crippen molar-refractivity contribution in [2.24, 2.45) is 0 Å². The number of fused-ring (bicyclic) bond motifs is 1. The van der Waals surface area contributed by atoms with Crippen LogP contribution in [-0.4, -0.2) is 47.8 Å². The smallest absolute Gasteiger partial charge is 0.329 e. The van der Waals surface area contributed by atoms with Crippen molar-refractivity contribution in [3.63, 3.8) is 0 Å². The molecule has 1 heterocycles. The molecule has 3 amide bonds. The average Bonchev–Trinajstić information content (AvgIpc) is 2.98. The monoisotopic (exact) mass is 396 g/mol. The van der Waals surface area contributed by atoms with Gasteiger partial charge in [-0.05, 0) is 38.1 Å². The van der Waals surface area contributed by atoms with Gasteiger partial charge in [-0.25, -0.2) is 4.79 Å². The largest absolute Gasteiger partial charge is 0.492 e. The van der Waals surface area contributed by atoms with Gasteiger partial charge in [-0.15, -0.1) is 0 Å². The van der Waals surface area contributed by atoms with Crippen LogP contribution < -0.4 is 10.1 Å². The fraction of sp³-hybridized carbons (Fsp3) is 0.238. The molecule has 8 nitrogen and oxygen atoms in total. The van der Waals surface area contributed by atoms with Gasteiger partial charge in [0.1, 0.15) is 11.8 Å². The van der Waals surface area contributed by atoms with Gasteiger partial charge in [-0.1, -0.05) is 24.3 Å². The standard InChI is InChI=1S/C21H20N2O6/c1-3-28-17-11-7-6-10-16(17)22-18(24)12-29-21(27)13(2)23-19(25)14-8-4-5-9-15(14)20(23)26/h4-11,13H,3,12H2,1-2H3,(H,22,24)/t13-/m0/s1. The van der Waals surface area contributed by atoms with Gasteiger partial charge in [0.05, 0.1) is 23.4 Å². The number of para-hydroxylation sites is 2. The van der Waals surface area contributed by atoms with Crippen molar-refractivity contribution in [3.8, 4) is 5.75 Å². The van der Waals surface area contributed by atoms with Crippen LogP contribution in [0, 0.1) is 0 Å². The zero-order valence-electron chi connectivity index (χ0n) is 16.0. The number of hydrogen-bond acceptors (Lipinski definition) is 6. The molecule has 0 aliphatic carbocycles. The van der Waals surface area contributed by atoms with E-state index in [-0.39, 0.29) is 11.1 Å². The Hall–Kier alpha value is -3.68. The Labute approximate surface area is 167 Å². The van der Waals surface area contributed by atoms with Crippen molar-refractivity contribution in [2.75, 3.05) is 18.5 Å². The summed E-state index contributed by atoms with van der Waals surface area (Å²) in [6, 6.07) is 12.0. The van der Waals surface area contributed by atoms with Gasteiger partial charge in [0.2, 0.25) is 0 Å². The molecule has 8 heteroatoms. The lowest BCUT2D eigenvalue weighted by atomic mass is 10.1. The number of amides is 3. The fourth-order valence-electron chi connectivity index (χ4n) is 2.96. The molecular formula is C21H20N2O6. The lowest BCUT2D eigenvalue weighted by Gasteiger charge is -2.20. The van der Waals surface area contributed by atoms with E-state index in [1.807, 2.05) is 6.92 Å². The SMILES string of the molecule is CCOc1ccccc1NC(=O)COC(=O)[C@H](C)N1C(=O)c2ccccc2C1=O. The third-order valence-electron chi connectivity index (χ3n) is 4.36. The Balaban J connectivity index is 1.59. The summed E-state index contributed by atoms with van der Waals surface area (Å²) < 4.78 is 10.4. The topological polar surface area (TPSA) is 102 Å². The fourth-order valence-corrected chi connectivity index (χ4v) is 2.96. The summed E-state index contributed by atoms with van der Waals surface area (Å²) in [5.74, 6) is -2.06. The molecule has 0 unspecified atom stereocenters. The van der Waals surface area contributed by atoms with E-state index in [0.29, 0.717) is 18.0 Å². The number of nitrogens with zero attached hydrogens (tertiary/aromatic N) is 1. The summed E-state index contributed by atoms with van der Waals surface area (Å²) in [5.41, 5.74) is 0.925. The Morgan fingerprint density at radius 1 is 1.00 bits per heavy atom. The first kappa shape index (κ1) is 20.1. The molecule has 1 atom stereocenters. The first-order valence-electron chi connectivity index (χ1n) is 9.09. The summed E-state index contributed by atoms with van der Waals surface area (Å²) in [7, 11) is 0. The Bertz CT molecular complexity index is 936. The molecule has 0 saturated carbocycles. The number of benzene rings is 2. The highest BCUT2D eigenvalue weighted by Crippen LogP contribution is 2.25. The molecule has 0 aromatic heterocycles. The predicted molar refractivity (Wildman–Crippen MR) is 104 cm³/mol. The Morgan fingerprint density at radius 3 is 2.21 bits per heavy atom. The van der Waals surface area contributed by atoms with E-state index in [9.17, 15) is 19.2 Å². The van der Waals surface area contributed by atoms with E-state index < -0.39 is 36.3 Å². The Morgan fingerprint density at radius 2 is 1.59 bits per heavy atom. The van der Waals surface area contributed by atoms with E-state index in [4.69, 9.17) is 9.47 Å². The zero-order chi connectivity index (χ0) is 21.0. The quantitative estimate of drug-likeness (QED) is 0.569. The number of anilines is 1. The molecule has 1 N–H and O–H groups in total. The molecule has 1 aliphatic rings. The molecule has 2 aromatic carbocycles. The highest BCUT2D eigenvalue weighted by Gasteiger charge is 2.41. The molecule has 0 spiro atoms. The van der Waals surface area contributed by atoms with Gasteiger partial charge < -0.3 is 14.8 Å². The third-order valence-corrected chi connectivity index (χ3v) is 4.36. The van der Waals surface area contributed by atoms with Crippen LogP contribution in [0.3, 0.4) is 0 Å². The normalized spacial score (nSPS) is 13.7. The van der Waals surface area contributed by atoms with Crippen molar-refractivity contribution in [1.82, 2.24) is 4.90 Å². The van der Waals surface area contributed by atoms with E-state index in [0.717, 1.165) is 4.90 Å².